The summed E-state index contributed by atoms with van der Waals surface area (Å²) in [5, 5.41) is 3.27. The fourth-order valence-corrected chi connectivity index (χ4v) is 3.30. The number of esters is 1. The van der Waals surface area contributed by atoms with Gasteiger partial charge in [-0.3, -0.25) is 14.6 Å². The van der Waals surface area contributed by atoms with Crippen molar-refractivity contribution in [1.82, 2.24) is 5.32 Å². The van der Waals surface area contributed by atoms with Crippen molar-refractivity contribution in [1.29, 1.82) is 0 Å². The third-order valence-electron chi connectivity index (χ3n) is 3.54. The summed E-state index contributed by atoms with van der Waals surface area (Å²) in [7, 11) is 3.09. The highest BCUT2D eigenvalue weighted by molar-refractivity contribution is 8.04. The van der Waals surface area contributed by atoms with E-state index in [1.807, 2.05) is 50.4 Å². The Morgan fingerprint density at radius 2 is 2.00 bits per heavy atom. The Labute approximate surface area is 171 Å². The van der Waals surface area contributed by atoms with E-state index in [0.717, 1.165) is 29.2 Å². The first-order valence-electron chi connectivity index (χ1n) is 9.32. The van der Waals surface area contributed by atoms with Gasteiger partial charge < -0.3 is 14.8 Å². The number of thioether (sulfide) groups is 1. The van der Waals surface area contributed by atoms with Crippen molar-refractivity contribution < 1.29 is 19.1 Å². The van der Waals surface area contributed by atoms with Crippen LogP contribution in [0.25, 0.3) is 0 Å². The molecule has 28 heavy (non-hydrogen) atoms. The molecule has 154 valence electrons. The van der Waals surface area contributed by atoms with Crippen LogP contribution in [-0.2, 0) is 14.3 Å². The average molecular weight is 407 g/mol. The number of allylic oxidation sites excluding steroid dienone is 1. The zero-order valence-electron chi connectivity index (χ0n) is 17.2. The van der Waals surface area contributed by atoms with Crippen LogP contribution in [0.15, 0.2) is 40.4 Å². The molecule has 2 rings (SSSR count). The summed E-state index contributed by atoms with van der Waals surface area (Å²) in [6, 6.07) is 7.89. The smallest absolute Gasteiger partial charge is 0.307 e. The number of unbranched alkanes of at least 4 members (excludes halogenated alkanes) is 1. The van der Waals surface area contributed by atoms with Crippen LogP contribution in [-0.4, -0.2) is 43.6 Å². The van der Waals surface area contributed by atoms with E-state index in [1.54, 1.807) is 7.05 Å². The minimum atomic E-state index is -0.348. The Kier molecular flexibility index (Phi) is 11.0. The van der Waals surface area contributed by atoms with E-state index in [0.29, 0.717) is 0 Å². The molecule has 0 spiro atoms. The van der Waals surface area contributed by atoms with Crippen LogP contribution in [0, 0.1) is 0 Å². The molecule has 1 atom stereocenters. The molecule has 6 nitrogen and oxygen atoms in total. The maximum atomic E-state index is 11.4. The summed E-state index contributed by atoms with van der Waals surface area (Å²) in [6.45, 7) is 6.10. The van der Waals surface area contributed by atoms with Crippen LogP contribution in [0.1, 0.15) is 45.6 Å². The molecule has 7 heteroatoms. The molecule has 1 aliphatic heterocycles. The van der Waals surface area contributed by atoms with Gasteiger partial charge in [0, 0.05) is 13.3 Å². The number of hydrogen-bond acceptors (Lipinski definition) is 6. The molecule has 1 saturated heterocycles. The first-order chi connectivity index (χ1) is 13.4. The molecule has 0 saturated carbocycles. The summed E-state index contributed by atoms with van der Waals surface area (Å²) in [5.74, 6) is 0.454. The average Bonchev–Trinajstić information content (AvgIpc) is 3.01. The zero-order valence-corrected chi connectivity index (χ0v) is 18.0. The molecule has 1 amide bonds. The van der Waals surface area contributed by atoms with E-state index in [4.69, 9.17) is 4.74 Å². The Balaban J connectivity index is 0.000000283. The van der Waals surface area contributed by atoms with Crippen molar-refractivity contribution in [2.75, 3.05) is 14.2 Å². The Bertz CT molecular complexity index is 684. The summed E-state index contributed by atoms with van der Waals surface area (Å²) in [5.41, 5.74) is 1.10. The predicted molar refractivity (Wildman–Crippen MR) is 115 cm³/mol. The van der Waals surface area contributed by atoms with Gasteiger partial charge in [-0.15, -0.1) is 0 Å². The van der Waals surface area contributed by atoms with Gasteiger partial charge in [0.1, 0.15) is 11.0 Å². The molecular weight excluding hydrogens is 376 g/mol. The number of hydrogen-bond donors (Lipinski definition) is 1. The largest absolute Gasteiger partial charge is 0.491 e. The molecule has 1 aliphatic rings. The second-order valence-corrected chi connectivity index (χ2v) is 7.60. The summed E-state index contributed by atoms with van der Waals surface area (Å²) in [6.07, 6.45) is 6.15. The van der Waals surface area contributed by atoms with Gasteiger partial charge in [-0.1, -0.05) is 31.2 Å². The van der Waals surface area contributed by atoms with Gasteiger partial charge in [0.05, 0.1) is 24.7 Å². The van der Waals surface area contributed by atoms with Gasteiger partial charge in [0.15, 0.2) is 0 Å². The van der Waals surface area contributed by atoms with Crippen molar-refractivity contribution in [2.45, 2.75) is 51.4 Å². The van der Waals surface area contributed by atoms with E-state index in [-0.39, 0.29) is 29.7 Å². The summed E-state index contributed by atoms with van der Waals surface area (Å²) < 4.78 is 10.0. The quantitative estimate of drug-likeness (QED) is 0.548. The van der Waals surface area contributed by atoms with E-state index in [2.05, 4.69) is 22.0 Å². The van der Waals surface area contributed by atoms with Crippen LogP contribution in [0.2, 0.25) is 0 Å². The minimum Gasteiger partial charge on any atom is -0.491 e. The molecule has 1 aromatic rings. The number of methoxy groups -OCH3 is 1. The number of nitrogens with one attached hydrogen (secondary N) is 1. The van der Waals surface area contributed by atoms with Gasteiger partial charge in [-0.25, -0.2) is 0 Å². The highest BCUT2D eigenvalue weighted by atomic mass is 32.2. The maximum absolute atomic E-state index is 11.4. The Hall–Kier alpha value is -2.28. The third-order valence-corrected chi connectivity index (χ3v) is 4.72. The van der Waals surface area contributed by atoms with E-state index < -0.39 is 0 Å². The highest BCUT2D eigenvalue weighted by Gasteiger charge is 2.30. The molecule has 1 N–H and O–H groups in total. The second kappa shape index (κ2) is 13.0. The number of ether oxygens (including phenoxy) is 2. The molecule has 0 aromatic heterocycles. The van der Waals surface area contributed by atoms with Crippen molar-refractivity contribution in [3.8, 4) is 5.75 Å². The van der Waals surface area contributed by atoms with Crippen LogP contribution >= 0.6 is 11.8 Å². The summed E-state index contributed by atoms with van der Waals surface area (Å²) >= 11 is 1.40. The number of carbonyl (C=O) groups is 2. The molecule has 1 fully saturated rings. The Morgan fingerprint density at radius 3 is 2.54 bits per heavy atom. The highest BCUT2D eigenvalue weighted by Crippen LogP contribution is 2.29. The van der Waals surface area contributed by atoms with E-state index in [1.165, 1.54) is 18.9 Å². The second-order valence-electron chi connectivity index (χ2n) is 6.36. The number of nitrogens with zero attached hydrogens (tertiary/aromatic N) is 1. The molecular formula is C21H30N2O4S. The van der Waals surface area contributed by atoms with Crippen LogP contribution in [0.4, 0.5) is 0 Å². The number of aliphatic imine (C=N–C) groups is 1. The summed E-state index contributed by atoms with van der Waals surface area (Å²) in [4.78, 5) is 26.3. The molecule has 1 heterocycles. The first kappa shape index (κ1) is 23.8. The fourth-order valence-electron chi connectivity index (χ4n) is 2.24. The topological polar surface area (TPSA) is 77.0 Å². The molecule has 0 radical (unpaired) electrons. The van der Waals surface area contributed by atoms with Crippen LogP contribution < -0.4 is 10.1 Å². The van der Waals surface area contributed by atoms with Crippen molar-refractivity contribution in [2.24, 2.45) is 4.99 Å². The van der Waals surface area contributed by atoms with Gasteiger partial charge >= 0.3 is 5.97 Å². The normalized spacial score (nSPS) is 17.4. The number of benzene rings is 1. The zero-order chi connectivity index (χ0) is 20.9. The van der Waals surface area contributed by atoms with Crippen molar-refractivity contribution in [3.05, 3.63) is 40.9 Å². The monoisotopic (exact) mass is 406 g/mol. The Morgan fingerprint density at radius 1 is 1.32 bits per heavy atom. The fraction of sp³-hybridized carbons (Fsp3) is 0.476. The van der Waals surface area contributed by atoms with Gasteiger partial charge in [-0.2, -0.15) is 0 Å². The molecule has 0 bridgehead atoms. The van der Waals surface area contributed by atoms with Gasteiger partial charge in [0.2, 0.25) is 5.91 Å². The standard InChI is InChI=1S/C11H15NO.C10H15NO3S/c1-9(2)13-11-6-4-10(5-7-11)8-12-3;1-3-4-5-8-11-10(13)7(15-8)6-9(12)14-2/h4-9H,1-3H3;5,7H,3-4,6H2,1-2H3,(H,11,13)/b;8-5-. The lowest BCUT2D eigenvalue weighted by Gasteiger charge is -2.08. The maximum Gasteiger partial charge on any atom is 0.307 e. The van der Waals surface area contributed by atoms with Crippen LogP contribution in [0.3, 0.4) is 0 Å². The third kappa shape index (κ3) is 9.08. The van der Waals surface area contributed by atoms with Crippen molar-refractivity contribution in [3.63, 3.8) is 0 Å². The molecule has 1 aromatic carbocycles. The van der Waals surface area contributed by atoms with E-state index in [9.17, 15) is 9.59 Å². The molecule has 0 aliphatic carbocycles. The lowest BCUT2D eigenvalue weighted by molar-refractivity contribution is -0.141. The molecule has 1 unspecified atom stereocenters. The lowest BCUT2D eigenvalue weighted by Crippen LogP contribution is -2.24. The number of rotatable bonds is 7. The van der Waals surface area contributed by atoms with Crippen molar-refractivity contribution >= 4 is 29.9 Å². The minimum absolute atomic E-state index is 0.104. The van der Waals surface area contributed by atoms with Crippen LogP contribution in [0.5, 0.6) is 5.75 Å². The number of carbonyl (C=O) groups excluding carboxylic acids is 2. The van der Waals surface area contributed by atoms with Gasteiger partial charge in [-0.05, 0) is 50.1 Å². The van der Waals surface area contributed by atoms with Gasteiger partial charge in [0.25, 0.3) is 0 Å². The van der Waals surface area contributed by atoms with E-state index >= 15 is 0 Å². The number of amides is 1. The first-order valence-corrected chi connectivity index (χ1v) is 10.2. The SMILES string of the molecule is CCC/C=C1/NC(=O)C(CC(=O)OC)S1.CN=Cc1ccc(OC(C)C)cc1. The predicted octanol–water partition coefficient (Wildman–Crippen LogP) is 3.95. The lowest BCUT2D eigenvalue weighted by atomic mass is 10.2.